The largest absolute Gasteiger partial charge is 0.348 e. The van der Waals surface area contributed by atoms with E-state index in [4.69, 9.17) is 0 Å². The van der Waals surface area contributed by atoms with Gasteiger partial charge >= 0.3 is 0 Å². The zero-order chi connectivity index (χ0) is 19.1. The monoisotopic (exact) mass is 372 g/mol. The highest BCUT2D eigenvalue weighted by Crippen LogP contribution is 2.34. The lowest BCUT2D eigenvalue weighted by molar-refractivity contribution is 0.0874. The van der Waals surface area contributed by atoms with Gasteiger partial charge in [0, 0.05) is 24.7 Å². The van der Waals surface area contributed by atoms with E-state index >= 15 is 0 Å². The van der Waals surface area contributed by atoms with E-state index in [-0.39, 0.29) is 22.6 Å². The molecular weight excluding hydrogens is 347 g/mol. The third-order valence-electron chi connectivity index (χ3n) is 6.01. The Morgan fingerprint density at radius 2 is 2.00 bits per heavy atom. The van der Waals surface area contributed by atoms with Gasteiger partial charge in [-0.1, -0.05) is 13.0 Å². The molecule has 2 aliphatic heterocycles. The van der Waals surface area contributed by atoms with Gasteiger partial charge in [-0.25, -0.2) is 4.39 Å². The summed E-state index contributed by atoms with van der Waals surface area (Å²) in [6, 6.07) is 5.39. The molecule has 3 atom stereocenters. The van der Waals surface area contributed by atoms with Crippen molar-refractivity contribution in [3.63, 3.8) is 0 Å². The number of carbonyl (C=O) groups excluding carboxylic acids is 1. The molecule has 1 amide bonds. The van der Waals surface area contributed by atoms with Crippen LogP contribution in [-0.2, 0) is 6.54 Å². The van der Waals surface area contributed by atoms with E-state index in [2.05, 4.69) is 22.4 Å². The predicted octanol–water partition coefficient (Wildman–Crippen LogP) is 2.30. The number of para-hydroxylation sites is 1. The highest BCUT2D eigenvalue weighted by atomic mass is 19.1. The lowest BCUT2D eigenvalue weighted by Gasteiger charge is -2.36. The molecule has 0 radical (unpaired) electrons. The number of halogens is 1. The normalized spacial score (nSPS) is 25.1. The summed E-state index contributed by atoms with van der Waals surface area (Å²) in [6.45, 7) is 2.39. The van der Waals surface area contributed by atoms with Crippen molar-refractivity contribution in [2.45, 2.75) is 63.7 Å². The van der Waals surface area contributed by atoms with E-state index in [1.165, 1.54) is 16.8 Å². The number of hydrogen-bond acceptors (Lipinski definition) is 4. The van der Waals surface area contributed by atoms with Crippen molar-refractivity contribution in [2.75, 3.05) is 7.05 Å². The van der Waals surface area contributed by atoms with Crippen molar-refractivity contribution in [1.29, 1.82) is 0 Å². The number of fused-ring (bicyclic) bond motifs is 3. The molecule has 144 valence electrons. The van der Waals surface area contributed by atoms with E-state index < -0.39 is 17.2 Å². The van der Waals surface area contributed by atoms with Crippen LogP contribution in [0.15, 0.2) is 23.0 Å². The summed E-state index contributed by atoms with van der Waals surface area (Å²) in [5.74, 6) is -0.950. The molecule has 0 spiro atoms. The Morgan fingerprint density at radius 1 is 1.30 bits per heavy atom. The summed E-state index contributed by atoms with van der Waals surface area (Å²) in [6.07, 6.45) is 4.82. The SMILES string of the molecule is CCCn1nc(C(=O)NC2C[C@H]3CC[C@@H](C2)N3C)c(=O)c2cccc(F)c21. The molecule has 1 aromatic carbocycles. The average Bonchev–Trinajstić information content (AvgIpc) is 2.85. The Labute approximate surface area is 157 Å². The Bertz CT molecular complexity index is 927. The van der Waals surface area contributed by atoms with Crippen molar-refractivity contribution < 1.29 is 9.18 Å². The van der Waals surface area contributed by atoms with E-state index in [1.807, 2.05) is 6.92 Å². The molecule has 2 aliphatic rings. The molecule has 3 heterocycles. The summed E-state index contributed by atoms with van der Waals surface area (Å²) in [5.41, 5.74) is -0.490. The molecule has 7 heteroatoms. The van der Waals surface area contributed by atoms with Gasteiger partial charge in [-0.15, -0.1) is 0 Å². The molecule has 6 nitrogen and oxygen atoms in total. The summed E-state index contributed by atoms with van der Waals surface area (Å²) < 4.78 is 15.7. The first-order chi connectivity index (χ1) is 13.0. The second kappa shape index (κ2) is 7.03. The quantitative estimate of drug-likeness (QED) is 0.894. The van der Waals surface area contributed by atoms with Crippen LogP contribution in [0.3, 0.4) is 0 Å². The molecular formula is C20H25FN4O2. The minimum absolute atomic E-state index is 0.0511. The lowest BCUT2D eigenvalue weighted by Crippen LogP contribution is -2.49. The van der Waals surface area contributed by atoms with Crippen LogP contribution >= 0.6 is 0 Å². The standard InChI is InChI=1S/C20H25FN4O2/c1-3-9-25-18-15(5-4-6-16(18)21)19(26)17(23-25)20(27)22-12-10-13-7-8-14(11-12)24(13)2/h4-6,12-14H,3,7-11H2,1-2H3,(H,22,27)/t12?,13-,14+. The molecule has 0 saturated carbocycles. The Balaban J connectivity index is 1.66. The number of aromatic nitrogens is 2. The third-order valence-corrected chi connectivity index (χ3v) is 6.01. The second-order valence-electron chi connectivity index (χ2n) is 7.73. The molecule has 2 saturated heterocycles. The number of benzene rings is 1. The smallest absolute Gasteiger partial charge is 0.276 e. The van der Waals surface area contributed by atoms with Crippen molar-refractivity contribution in [1.82, 2.24) is 20.0 Å². The predicted molar refractivity (Wildman–Crippen MR) is 101 cm³/mol. The van der Waals surface area contributed by atoms with E-state index in [9.17, 15) is 14.0 Å². The zero-order valence-electron chi connectivity index (χ0n) is 15.7. The number of carbonyl (C=O) groups is 1. The first kappa shape index (κ1) is 18.1. The van der Waals surface area contributed by atoms with Crippen LogP contribution in [0.1, 0.15) is 49.5 Å². The fraction of sp³-hybridized carbons (Fsp3) is 0.550. The van der Waals surface area contributed by atoms with Gasteiger partial charge in [0.05, 0.1) is 5.39 Å². The van der Waals surface area contributed by atoms with Crippen LogP contribution in [0, 0.1) is 5.82 Å². The Morgan fingerprint density at radius 3 is 2.67 bits per heavy atom. The van der Waals surface area contributed by atoms with Crippen molar-refractivity contribution in [3.8, 4) is 0 Å². The van der Waals surface area contributed by atoms with Crippen LogP contribution in [-0.4, -0.2) is 45.8 Å². The van der Waals surface area contributed by atoms with Gasteiger partial charge in [0.1, 0.15) is 11.3 Å². The highest BCUT2D eigenvalue weighted by Gasteiger charge is 2.39. The number of nitrogens with zero attached hydrogens (tertiary/aromatic N) is 3. The van der Waals surface area contributed by atoms with Gasteiger partial charge in [-0.05, 0) is 51.3 Å². The molecule has 1 N–H and O–H groups in total. The molecule has 1 aromatic heterocycles. The minimum atomic E-state index is -0.509. The average molecular weight is 372 g/mol. The maximum Gasteiger partial charge on any atom is 0.276 e. The molecule has 1 unspecified atom stereocenters. The van der Waals surface area contributed by atoms with Gasteiger partial charge in [0.25, 0.3) is 5.91 Å². The fourth-order valence-electron chi connectivity index (χ4n) is 4.61. The van der Waals surface area contributed by atoms with E-state index in [0.717, 1.165) is 32.1 Å². The molecule has 2 bridgehead atoms. The third kappa shape index (κ3) is 3.14. The Kier molecular flexibility index (Phi) is 4.72. The Hall–Kier alpha value is -2.28. The maximum atomic E-state index is 14.3. The van der Waals surface area contributed by atoms with Gasteiger partial charge < -0.3 is 10.2 Å². The van der Waals surface area contributed by atoms with Crippen molar-refractivity contribution in [2.24, 2.45) is 0 Å². The van der Waals surface area contributed by atoms with Crippen LogP contribution in [0.2, 0.25) is 0 Å². The van der Waals surface area contributed by atoms with Crippen molar-refractivity contribution in [3.05, 3.63) is 39.9 Å². The minimum Gasteiger partial charge on any atom is -0.348 e. The number of nitrogens with one attached hydrogen (secondary N) is 1. The van der Waals surface area contributed by atoms with Gasteiger partial charge in [0.15, 0.2) is 5.69 Å². The van der Waals surface area contributed by atoms with E-state index in [1.54, 1.807) is 6.07 Å². The molecule has 0 aliphatic carbocycles. The first-order valence-electron chi connectivity index (χ1n) is 9.71. The topological polar surface area (TPSA) is 67.2 Å². The second-order valence-corrected chi connectivity index (χ2v) is 7.73. The highest BCUT2D eigenvalue weighted by molar-refractivity contribution is 5.95. The summed E-state index contributed by atoms with van der Waals surface area (Å²) in [7, 11) is 2.14. The summed E-state index contributed by atoms with van der Waals surface area (Å²) in [5, 5.41) is 7.44. The molecule has 4 rings (SSSR count). The van der Waals surface area contributed by atoms with Crippen LogP contribution < -0.4 is 10.7 Å². The van der Waals surface area contributed by atoms with Crippen LogP contribution in [0.5, 0.6) is 0 Å². The maximum absolute atomic E-state index is 14.3. The summed E-state index contributed by atoms with van der Waals surface area (Å²) in [4.78, 5) is 28.0. The summed E-state index contributed by atoms with van der Waals surface area (Å²) >= 11 is 0. The van der Waals surface area contributed by atoms with Crippen molar-refractivity contribution >= 4 is 16.8 Å². The first-order valence-corrected chi connectivity index (χ1v) is 9.71. The van der Waals surface area contributed by atoms with Crippen LogP contribution in [0.25, 0.3) is 10.9 Å². The molecule has 2 aromatic rings. The van der Waals surface area contributed by atoms with Gasteiger partial charge in [-0.2, -0.15) is 5.10 Å². The fourth-order valence-corrected chi connectivity index (χ4v) is 4.61. The van der Waals surface area contributed by atoms with Gasteiger partial charge in [0.2, 0.25) is 5.43 Å². The van der Waals surface area contributed by atoms with E-state index in [0.29, 0.717) is 18.6 Å². The number of amides is 1. The number of aryl methyl sites for hydroxylation is 1. The number of piperidine rings is 1. The zero-order valence-corrected chi connectivity index (χ0v) is 15.7. The molecule has 2 fully saturated rings. The molecule has 27 heavy (non-hydrogen) atoms. The lowest BCUT2D eigenvalue weighted by atomic mass is 9.98. The number of rotatable bonds is 4. The van der Waals surface area contributed by atoms with Crippen LogP contribution in [0.4, 0.5) is 4.39 Å². The van der Waals surface area contributed by atoms with Gasteiger partial charge in [-0.3, -0.25) is 14.3 Å². The number of hydrogen-bond donors (Lipinski definition) is 1.